The lowest BCUT2D eigenvalue weighted by Gasteiger charge is -2.52. The van der Waals surface area contributed by atoms with E-state index in [2.05, 4.69) is 4.90 Å². The zero-order chi connectivity index (χ0) is 18.4. The normalized spacial score (nSPS) is 34.2. The van der Waals surface area contributed by atoms with Crippen molar-refractivity contribution in [3.8, 4) is 0 Å². The molecule has 1 saturated carbocycles. The number of hydrogen-bond donors (Lipinski definition) is 1. The summed E-state index contributed by atoms with van der Waals surface area (Å²) in [7, 11) is 0. The number of carboxylic acid groups (broad SMARTS) is 1. The molecule has 0 aromatic carbocycles. The highest BCUT2D eigenvalue weighted by molar-refractivity contribution is 5.75. The molecule has 3 fully saturated rings. The van der Waals surface area contributed by atoms with Crippen molar-refractivity contribution in [3.05, 3.63) is 0 Å². The van der Waals surface area contributed by atoms with Gasteiger partial charge in [0.15, 0.2) is 0 Å². The summed E-state index contributed by atoms with van der Waals surface area (Å²) < 4.78 is 5.43. The van der Waals surface area contributed by atoms with E-state index in [4.69, 9.17) is 4.74 Å². The number of likely N-dealkylation sites (tertiary alicyclic amines) is 2. The summed E-state index contributed by atoms with van der Waals surface area (Å²) in [6.07, 6.45) is 3.72. The molecule has 25 heavy (non-hydrogen) atoms. The first kappa shape index (κ1) is 18.5. The van der Waals surface area contributed by atoms with Crippen LogP contribution in [-0.4, -0.2) is 64.8 Å². The van der Waals surface area contributed by atoms with Gasteiger partial charge in [-0.05, 0) is 71.8 Å². The van der Waals surface area contributed by atoms with Crippen LogP contribution in [0.1, 0.15) is 53.4 Å². The van der Waals surface area contributed by atoms with E-state index < -0.39 is 17.0 Å². The number of ether oxygens (including phenoxy) is 1. The van der Waals surface area contributed by atoms with Gasteiger partial charge in [-0.25, -0.2) is 4.79 Å². The largest absolute Gasteiger partial charge is 0.481 e. The van der Waals surface area contributed by atoms with Gasteiger partial charge < -0.3 is 19.6 Å². The maximum atomic E-state index is 12.1. The van der Waals surface area contributed by atoms with Crippen LogP contribution in [0.15, 0.2) is 0 Å². The van der Waals surface area contributed by atoms with E-state index in [1.165, 1.54) is 12.8 Å². The van der Waals surface area contributed by atoms with E-state index in [0.717, 1.165) is 39.0 Å². The van der Waals surface area contributed by atoms with E-state index >= 15 is 0 Å². The fourth-order valence-electron chi connectivity index (χ4n) is 4.46. The fraction of sp³-hybridized carbons (Fsp3) is 0.895. The molecule has 1 aliphatic carbocycles. The summed E-state index contributed by atoms with van der Waals surface area (Å²) >= 11 is 0. The van der Waals surface area contributed by atoms with Crippen LogP contribution in [-0.2, 0) is 9.53 Å². The van der Waals surface area contributed by atoms with Gasteiger partial charge in [-0.3, -0.25) is 4.79 Å². The molecular weight excluding hydrogens is 320 g/mol. The summed E-state index contributed by atoms with van der Waals surface area (Å²) in [6, 6.07) is 0.422. The van der Waals surface area contributed by atoms with Gasteiger partial charge in [-0.15, -0.1) is 0 Å². The molecule has 142 valence electrons. The van der Waals surface area contributed by atoms with Crippen molar-refractivity contribution < 1.29 is 19.4 Å². The summed E-state index contributed by atoms with van der Waals surface area (Å²) in [5.41, 5.74) is -0.966. The third kappa shape index (κ3) is 3.94. The van der Waals surface area contributed by atoms with Gasteiger partial charge in [0, 0.05) is 25.7 Å². The first-order chi connectivity index (χ1) is 11.6. The molecule has 0 aromatic rings. The number of carboxylic acids is 1. The molecule has 1 N–H and O–H groups in total. The molecule has 1 atom stereocenters. The highest BCUT2D eigenvalue weighted by Crippen LogP contribution is 2.45. The Hall–Kier alpha value is -1.30. The van der Waals surface area contributed by atoms with Crippen molar-refractivity contribution in [1.82, 2.24) is 9.80 Å². The third-order valence-corrected chi connectivity index (χ3v) is 6.12. The minimum atomic E-state index is -0.663. The lowest BCUT2D eigenvalue weighted by Crippen LogP contribution is -2.59. The number of aliphatic carboxylic acids is 1. The Bertz CT molecular complexity index is 530. The summed E-state index contributed by atoms with van der Waals surface area (Å²) in [4.78, 5) is 27.7. The zero-order valence-electron chi connectivity index (χ0n) is 16.0. The topological polar surface area (TPSA) is 70.1 Å². The number of rotatable bonds is 3. The van der Waals surface area contributed by atoms with Crippen molar-refractivity contribution in [2.45, 2.75) is 65.0 Å². The fourth-order valence-corrected chi connectivity index (χ4v) is 4.46. The molecule has 1 amide bonds. The van der Waals surface area contributed by atoms with Gasteiger partial charge in [0.25, 0.3) is 0 Å². The second-order valence-corrected chi connectivity index (χ2v) is 9.47. The molecule has 2 saturated heterocycles. The molecule has 0 bridgehead atoms. The van der Waals surface area contributed by atoms with Crippen molar-refractivity contribution in [2.75, 3.05) is 26.2 Å². The van der Waals surface area contributed by atoms with Crippen molar-refractivity contribution in [1.29, 1.82) is 0 Å². The molecule has 3 aliphatic rings. The Morgan fingerprint density at radius 1 is 1.12 bits per heavy atom. The van der Waals surface area contributed by atoms with E-state index in [-0.39, 0.29) is 6.09 Å². The SMILES string of the molecule is CC(C)(C)OC(=O)N1CC([C@H]2CCCN([C@H]3C[C@](C)(C(=O)O)C3)C2)C1. The summed E-state index contributed by atoms with van der Waals surface area (Å²) in [5, 5.41) is 9.29. The number of amides is 1. The Morgan fingerprint density at radius 2 is 1.76 bits per heavy atom. The van der Waals surface area contributed by atoms with Crippen molar-refractivity contribution >= 4 is 12.1 Å². The first-order valence-electron chi connectivity index (χ1n) is 9.53. The molecule has 6 heteroatoms. The number of piperidine rings is 1. The van der Waals surface area contributed by atoms with E-state index in [0.29, 0.717) is 17.9 Å². The third-order valence-electron chi connectivity index (χ3n) is 6.12. The van der Waals surface area contributed by atoms with Crippen molar-refractivity contribution in [3.63, 3.8) is 0 Å². The number of carbonyl (C=O) groups is 2. The van der Waals surface area contributed by atoms with Crippen LogP contribution in [0.2, 0.25) is 0 Å². The molecule has 2 aliphatic heterocycles. The van der Waals surface area contributed by atoms with Gasteiger partial charge in [0.05, 0.1) is 5.41 Å². The molecule has 3 rings (SSSR count). The maximum Gasteiger partial charge on any atom is 0.410 e. The number of nitrogens with zero attached hydrogens (tertiary/aromatic N) is 2. The smallest absolute Gasteiger partial charge is 0.410 e. The maximum absolute atomic E-state index is 12.1. The summed E-state index contributed by atoms with van der Waals surface area (Å²) in [5.74, 6) is 0.509. The molecule has 0 radical (unpaired) electrons. The average molecular weight is 352 g/mol. The van der Waals surface area contributed by atoms with Crippen LogP contribution < -0.4 is 0 Å². The minimum Gasteiger partial charge on any atom is -0.481 e. The number of hydrogen-bond acceptors (Lipinski definition) is 4. The average Bonchev–Trinajstić information content (AvgIpc) is 2.40. The van der Waals surface area contributed by atoms with Gasteiger partial charge in [-0.2, -0.15) is 0 Å². The van der Waals surface area contributed by atoms with Gasteiger partial charge in [0.1, 0.15) is 5.60 Å². The molecule has 0 aromatic heterocycles. The molecule has 0 unspecified atom stereocenters. The first-order valence-corrected chi connectivity index (χ1v) is 9.53. The standard InChI is InChI=1S/C19H32N2O4/c1-18(2,3)25-17(24)21-11-14(12-21)13-6-5-7-20(10-13)15-8-19(4,9-15)16(22)23/h13-15H,5-12H2,1-4H3,(H,22,23)/t13-,15-,19-/m0/s1. The van der Waals surface area contributed by atoms with Crippen LogP contribution in [0.4, 0.5) is 4.79 Å². The molecule has 6 nitrogen and oxygen atoms in total. The second kappa shape index (κ2) is 6.45. The van der Waals surface area contributed by atoms with Crippen LogP contribution in [0, 0.1) is 17.3 Å². The van der Waals surface area contributed by atoms with Crippen molar-refractivity contribution in [2.24, 2.45) is 17.3 Å². The Kier molecular flexibility index (Phi) is 4.77. The molecule has 0 spiro atoms. The van der Waals surface area contributed by atoms with Gasteiger partial charge in [-0.1, -0.05) is 0 Å². The van der Waals surface area contributed by atoms with Gasteiger partial charge >= 0.3 is 12.1 Å². The predicted octanol–water partition coefficient (Wildman–Crippen LogP) is 2.82. The molecule has 2 heterocycles. The lowest BCUT2D eigenvalue weighted by atomic mass is 9.65. The van der Waals surface area contributed by atoms with E-state index in [1.807, 2.05) is 27.7 Å². The zero-order valence-corrected chi connectivity index (χ0v) is 16.0. The quantitative estimate of drug-likeness (QED) is 0.846. The monoisotopic (exact) mass is 352 g/mol. The second-order valence-electron chi connectivity index (χ2n) is 9.47. The van der Waals surface area contributed by atoms with E-state index in [9.17, 15) is 14.7 Å². The predicted molar refractivity (Wildman–Crippen MR) is 94.4 cm³/mol. The lowest BCUT2D eigenvalue weighted by molar-refractivity contribution is -0.158. The highest BCUT2D eigenvalue weighted by Gasteiger charge is 2.50. The van der Waals surface area contributed by atoms with Crippen LogP contribution in [0.5, 0.6) is 0 Å². The Balaban J connectivity index is 1.45. The Morgan fingerprint density at radius 3 is 2.32 bits per heavy atom. The number of carbonyl (C=O) groups excluding carboxylic acids is 1. The summed E-state index contributed by atoms with van der Waals surface area (Å²) in [6.45, 7) is 11.3. The minimum absolute atomic E-state index is 0.201. The van der Waals surface area contributed by atoms with Crippen LogP contribution >= 0.6 is 0 Å². The Labute approximate surface area is 150 Å². The molecular formula is C19H32N2O4. The van der Waals surface area contributed by atoms with Crippen LogP contribution in [0.25, 0.3) is 0 Å². The van der Waals surface area contributed by atoms with Crippen LogP contribution in [0.3, 0.4) is 0 Å². The van der Waals surface area contributed by atoms with Gasteiger partial charge in [0.2, 0.25) is 0 Å². The highest BCUT2D eigenvalue weighted by atomic mass is 16.6. The van der Waals surface area contributed by atoms with E-state index in [1.54, 1.807) is 4.90 Å².